The monoisotopic (exact) mass is 625 g/mol. The van der Waals surface area contributed by atoms with Gasteiger partial charge in [0.25, 0.3) is 0 Å². The highest BCUT2D eigenvalue weighted by Gasteiger charge is 2.45. The molecular formula is C35H37F2N7O2. The summed E-state index contributed by atoms with van der Waals surface area (Å²) < 4.78 is 40.6. The van der Waals surface area contributed by atoms with Crippen LogP contribution in [0.15, 0.2) is 36.5 Å². The molecule has 9 rings (SSSR count). The summed E-state index contributed by atoms with van der Waals surface area (Å²) in [6, 6.07) is 8.76. The van der Waals surface area contributed by atoms with Gasteiger partial charge in [-0.1, -0.05) is 13.0 Å². The molecule has 0 spiro atoms. The van der Waals surface area contributed by atoms with Crippen LogP contribution in [0.4, 0.5) is 14.6 Å². The SMILES string of the molecule is CCc1c(F)ccc2cc(O)cc(-c3c(F)c4nc(OCC56CCCN5CCC6)nc(N5CC6CCC(C5)N6)c4c4ccnn34)c12. The van der Waals surface area contributed by atoms with Gasteiger partial charge in [-0.15, -0.1) is 0 Å². The van der Waals surface area contributed by atoms with E-state index in [1.54, 1.807) is 22.8 Å². The van der Waals surface area contributed by atoms with E-state index in [9.17, 15) is 5.11 Å². The van der Waals surface area contributed by atoms with E-state index in [1.807, 2.05) is 13.0 Å². The number of nitrogens with zero attached hydrogens (tertiary/aromatic N) is 6. The number of piperazine rings is 1. The van der Waals surface area contributed by atoms with Crippen LogP contribution in [-0.2, 0) is 6.42 Å². The highest BCUT2D eigenvalue weighted by atomic mass is 19.1. The number of halogens is 2. The molecule has 4 saturated heterocycles. The molecule has 5 aromatic rings. The molecule has 9 nitrogen and oxygen atoms in total. The summed E-state index contributed by atoms with van der Waals surface area (Å²) in [7, 11) is 0. The number of aryl methyl sites for hydroxylation is 1. The van der Waals surface area contributed by atoms with Crippen molar-refractivity contribution in [2.45, 2.75) is 69.5 Å². The van der Waals surface area contributed by atoms with Gasteiger partial charge < -0.3 is 20.1 Å². The van der Waals surface area contributed by atoms with Gasteiger partial charge in [0.15, 0.2) is 5.82 Å². The van der Waals surface area contributed by atoms with Gasteiger partial charge in [-0.25, -0.2) is 13.3 Å². The molecule has 2 atom stereocenters. The number of phenolic OH excluding ortho intramolecular Hbond substituents is 1. The van der Waals surface area contributed by atoms with Crippen molar-refractivity contribution in [2.75, 3.05) is 37.7 Å². The van der Waals surface area contributed by atoms with E-state index < -0.39 is 5.82 Å². The number of nitrogens with one attached hydrogen (secondary N) is 1. The molecule has 2 bridgehead atoms. The van der Waals surface area contributed by atoms with Gasteiger partial charge in [-0.05, 0) is 98.6 Å². The number of phenols is 1. The molecule has 2 unspecified atom stereocenters. The molecule has 7 heterocycles. The van der Waals surface area contributed by atoms with Crippen LogP contribution in [0, 0.1) is 11.6 Å². The molecule has 2 aromatic carbocycles. The number of hydrogen-bond donors (Lipinski definition) is 2. The highest BCUT2D eigenvalue weighted by Crippen LogP contribution is 2.43. The first-order chi connectivity index (χ1) is 22.4. The fourth-order valence-corrected chi connectivity index (χ4v) is 8.89. The molecule has 11 heteroatoms. The minimum Gasteiger partial charge on any atom is -0.508 e. The van der Waals surface area contributed by atoms with E-state index >= 15 is 8.78 Å². The minimum absolute atomic E-state index is 0.0210. The number of rotatable bonds is 6. The number of ether oxygens (including phenoxy) is 1. The predicted molar refractivity (Wildman–Crippen MR) is 173 cm³/mol. The highest BCUT2D eigenvalue weighted by molar-refractivity contribution is 6.07. The molecule has 4 aliphatic heterocycles. The first kappa shape index (κ1) is 28.2. The Kier molecular flexibility index (Phi) is 6.41. The molecular weight excluding hydrogens is 588 g/mol. The lowest BCUT2D eigenvalue weighted by Gasteiger charge is -2.35. The normalized spacial score (nSPS) is 22.5. The summed E-state index contributed by atoms with van der Waals surface area (Å²) >= 11 is 0. The maximum atomic E-state index is 17.4. The molecule has 3 aromatic heterocycles. The summed E-state index contributed by atoms with van der Waals surface area (Å²) in [6.07, 6.45) is 8.65. The summed E-state index contributed by atoms with van der Waals surface area (Å²) in [5.41, 5.74) is 1.67. The molecule has 0 saturated carbocycles. The molecule has 4 fully saturated rings. The number of aromatic nitrogens is 4. The van der Waals surface area contributed by atoms with Crippen molar-refractivity contribution < 1.29 is 18.6 Å². The molecule has 2 N–H and O–H groups in total. The Morgan fingerprint density at radius 2 is 1.80 bits per heavy atom. The smallest absolute Gasteiger partial charge is 0.319 e. The van der Waals surface area contributed by atoms with Gasteiger partial charge in [0, 0.05) is 30.7 Å². The number of anilines is 1. The molecule has 0 aliphatic carbocycles. The lowest BCUT2D eigenvalue weighted by Crippen LogP contribution is -2.51. The first-order valence-corrected chi connectivity index (χ1v) is 16.6. The Morgan fingerprint density at radius 3 is 2.57 bits per heavy atom. The quantitative estimate of drug-likeness (QED) is 0.253. The summed E-state index contributed by atoms with van der Waals surface area (Å²) in [4.78, 5) is 14.6. The first-order valence-electron chi connectivity index (χ1n) is 16.6. The Morgan fingerprint density at radius 1 is 1.02 bits per heavy atom. The lowest BCUT2D eigenvalue weighted by atomic mass is 9.94. The zero-order valence-electron chi connectivity index (χ0n) is 25.9. The number of fused-ring (bicyclic) bond motifs is 7. The summed E-state index contributed by atoms with van der Waals surface area (Å²) in [5, 5.41) is 20.8. The van der Waals surface area contributed by atoms with Crippen LogP contribution in [0.25, 0.3) is 38.4 Å². The number of hydrogen-bond acceptors (Lipinski definition) is 8. The van der Waals surface area contributed by atoms with Crippen molar-refractivity contribution >= 4 is 33.0 Å². The van der Waals surface area contributed by atoms with E-state index in [0.29, 0.717) is 63.7 Å². The summed E-state index contributed by atoms with van der Waals surface area (Å²) in [5.74, 6) is -0.391. The van der Waals surface area contributed by atoms with Gasteiger partial charge in [0.1, 0.15) is 35.2 Å². The topological polar surface area (TPSA) is 91.1 Å². The van der Waals surface area contributed by atoms with Gasteiger partial charge >= 0.3 is 6.01 Å². The van der Waals surface area contributed by atoms with Crippen LogP contribution in [-0.4, -0.2) is 80.0 Å². The molecule has 0 amide bonds. The zero-order valence-corrected chi connectivity index (χ0v) is 25.9. The van der Waals surface area contributed by atoms with Gasteiger partial charge in [0.2, 0.25) is 0 Å². The standard InChI is InChI=1S/C35H37F2N7O2/c1-2-24-26(36)8-5-20-15-23(45)16-25(28(20)24)32-30(37)31-29(27-9-12-38-44(27)32)33(42-17-21-6-7-22(18-42)39-21)41-34(40-31)46-19-35-10-3-13-43(35)14-4-11-35/h5,8-9,12,15-16,21-22,39,45H,2-4,6-7,10-11,13-14,17-19H2,1H3. The third kappa shape index (κ3) is 4.20. The van der Waals surface area contributed by atoms with Crippen LogP contribution in [0.3, 0.4) is 0 Å². The fraction of sp³-hybridized carbons (Fsp3) is 0.457. The minimum atomic E-state index is -0.613. The predicted octanol–water partition coefficient (Wildman–Crippen LogP) is 5.59. The molecule has 238 valence electrons. The van der Waals surface area contributed by atoms with E-state index in [0.717, 1.165) is 64.7 Å². The van der Waals surface area contributed by atoms with Crippen molar-refractivity contribution in [3.05, 3.63) is 53.7 Å². The van der Waals surface area contributed by atoms with Crippen molar-refractivity contribution in [3.8, 4) is 23.0 Å². The van der Waals surface area contributed by atoms with Crippen molar-refractivity contribution in [1.29, 1.82) is 0 Å². The second kappa shape index (κ2) is 10.5. The Labute approximate surface area is 265 Å². The van der Waals surface area contributed by atoms with E-state index in [4.69, 9.17) is 14.7 Å². The molecule has 0 radical (unpaired) electrons. The van der Waals surface area contributed by atoms with E-state index in [-0.39, 0.29) is 34.3 Å². The van der Waals surface area contributed by atoms with Crippen LogP contribution in [0.2, 0.25) is 0 Å². The average molecular weight is 626 g/mol. The average Bonchev–Trinajstić information content (AvgIpc) is 3.84. The Hall–Kier alpha value is -4.09. The van der Waals surface area contributed by atoms with Crippen molar-refractivity contribution in [2.24, 2.45) is 0 Å². The van der Waals surface area contributed by atoms with Gasteiger partial charge in [0.05, 0.1) is 22.6 Å². The molecule has 4 aliphatic rings. The van der Waals surface area contributed by atoms with Crippen LogP contribution >= 0.6 is 0 Å². The number of pyridine rings is 1. The maximum absolute atomic E-state index is 17.4. The lowest BCUT2D eigenvalue weighted by molar-refractivity contribution is 0.108. The van der Waals surface area contributed by atoms with Gasteiger partial charge in [-0.3, -0.25) is 4.90 Å². The number of benzene rings is 2. The second-order valence-corrected chi connectivity index (χ2v) is 13.6. The fourth-order valence-electron chi connectivity index (χ4n) is 8.89. The van der Waals surface area contributed by atoms with Crippen LogP contribution in [0.1, 0.15) is 51.0 Å². The number of aromatic hydroxyl groups is 1. The largest absolute Gasteiger partial charge is 0.508 e. The third-order valence-corrected chi connectivity index (χ3v) is 11.0. The Bertz CT molecular complexity index is 2010. The molecule has 46 heavy (non-hydrogen) atoms. The second-order valence-electron chi connectivity index (χ2n) is 13.6. The van der Waals surface area contributed by atoms with Gasteiger partial charge in [-0.2, -0.15) is 15.1 Å². The van der Waals surface area contributed by atoms with E-state index in [1.165, 1.54) is 12.1 Å². The van der Waals surface area contributed by atoms with Crippen LogP contribution < -0.4 is 15.0 Å². The maximum Gasteiger partial charge on any atom is 0.319 e. The van der Waals surface area contributed by atoms with Crippen molar-refractivity contribution in [1.82, 2.24) is 29.8 Å². The summed E-state index contributed by atoms with van der Waals surface area (Å²) in [6.45, 7) is 5.98. The zero-order chi connectivity index (χ0) is 31.2. The Balaban J connectivity index is 1.28. The van der Waals surface area contributed by atoms with Crippen LogP contribution in [0.5, 0.6) is 11.8 Å². The third-order valence-electron chi connectivity index (χ3n) is 11.0. The van der Waals surface area contributed by atoms with Crippen molar-refractivity contribution in [3.63, 3.8) is 0 Å². The van der Waals surface area contributed by atoms with E-state index in [2.05, 4.69) is 20.2 Å².